The Morgan fingerprint density at radius 1 is 1.23 bits per heavy atom. The van der Waals surface area contributed by atoms with E-state index < -0.39 is 0 Å². The summed E-state index contributed by atoms with van der Waals surface area (Å²) in [6.07, 6.45) is 6.19. The highest BCUT2D eigenvalue weighted by atomic mass is 16.5. The van der Waals surface area contributed by atoms with Crippen molar-refractivity contribution in [2.75, 3.05) is 32.8 Å². The van der Waals surface area contributed by atoms with Gasteiger partial charge >= 0.3 is 0 Å². The van der Waals surface area contributed by atoms with Gasteiger partial charge in [0.25, 0.3) is 0 Å². The first-order valence-corrected chi connectivity index (χ1v) is 8.84. The molecule has 122 valence electrons. The summed E-state index contributed by atoms with van der Waals surface area (Å²) in [5, 5.41) is 13.6. The van der Waals surface area contributed by atoms with Crippen molar-refractivity contribution < 1.29 is 9.63 Å². The van der Waals surface area contributed by atoms with Crippen LogP contribution in [-0.4, -0.2) is 58.9 Å². The van der Waals surface area contributed by atoms with Gasteiger partial charge in [0, 0.05) is 57.4 Å². The van der Waals surface area contributed by atoms with E-state index >= 15 is 0 Å². The minimum absolute atomic E-state index is 0.287. The van der Waals surface area contributed by atoms with E-state index in [4.69, 9.17) is 4.52 Å². The number of hydrogen-bond donors (Lipinski definition) is 1. The lowest BCUT2D eigenvalue weighted by atomic mass is 10.1. The zero-order chi connectivity index (χ0) is 14.9. The number of aliphatic hydroxyl groups excluding tert-OH is 1. The van der Waals surface area contributed by atoms with Crippen LogP contribution in [0.2, 0.25) is 0 Å². The maximum absolute atomic E-state index is 9.36. The summed E-state index contributed by atoms with van der Waals surface area (Å²) in [7, 11) is 0. The zero-order valence-corrected chi connectivity index (χ0v) is 13.3. The Bertz CT molecular complexity index is 496. The van der Waals surface area contributed by atoms with Gasteiger partial charge in [-0.1, -0.05) is 5.16 Å². The molecule has 5 heteroatoms. The Labute approximate surface area is 132 Å². The first-order valence-electron chi connectivity index (χ1n) is 8.84. The van der Waals surface area contributed by atoms with Crippen molar-refractivity contribution >= 4 is 0 Å². The number of piperazine rings is 1. The predicted molar refractivity (Wildman–Crippen MR) is 83.5 cm³/mol. The van der Waals surface area contributed by atoms with E-state index in [2.05, 4.69) is 21.0 Å². The van der Waals surface area contributed by atoms with Crippen molar-refractivity contribution in [3.8, 4) is 0 Å². The van der Waals surface area contributed by atoms with Crippen LogP contribution in [0.15, 0.2) is 10.6 Å². The summed E-state index contributed by atoms with van der Waals surface area (Å²) < 4.78 is 5.46. The average molecular weight is 305 g/mol. The molecule has 1 N–H and O–H groups in total. The molecule has 2 aliphatic carbocycles. The van der Waals surface area contributed by atoms with Gasteiger partial charge in [-0.05, 0) is 38.0 Å². The summed E-state index contributed by atoms with van der Waals surface area (Å²) >= 11 is 0. The molecule has 3 fully saturated rings. The maximum atomic E-state index is 9.36. The second kappa shape index (κ2) is 6.30. The minimum Gasteiger partial charge on any atom is -0.396 e. The fraction of sp³-hybridized carbons (Fsp3) is 0.824. The molecular weight excluding hydrogens is 278 g/mol. The van der Waals surface area contributed by atoms with E-state index in [1.54, 1.807) is 0 Å². The highest BCUT2D eigenvalue weighted by molar-refractivity contribution is 5.14. The summed E-state index contributed by atoms with van der Waals surface area (Å²) in [6, 6.07) is 2.64. The highest BCUT2D eigenvalue weighted by Gasteiger charge is 2.32. The molecule has 1 aliphatic heterocycles. The van der Waals surface area contributed by atoms with Crippen molar-refractivity contribution in [1.29, 1.82) is 0 Å². The fourth-order valence-corrected chi connectivity index (χ4v) is 3.59. The van der Waals surface area contributed by atoms with E-state index in [1.807, 2.05) is 0 Å². The fourth-order valence-electron chi connectivity index (χ4n) is 3.59. The summed E-state index contributed by atoms with van der Waals surface area (Å²) in [5.74, 6) is 2.64. The first-order chi connectivity index (χ1) is 10.8. The summed E-state index contributed by atoms with van der Waals surface area (Å²) in [6.45, 7) is 5.66. The molecule has 0 unspecified atom stereocenters. The van der Waals surface area contributed by atoms with Crippen LogP contribution in [0.25, 0.3) is 0 Å². The van der Waals surface area contributed by atoms with Crippen LogP contribution < -0.4 is 0 Å². The lowest BCUT2D eigenvalue weighted by Crippen LogP contribution is -2.53. The number of nitrogens with zero attached hydrogens (tertiary/aromatic N) is 3. The smallest absolute Gasteiger partial charge is 0.140 e. The second-order valence-corrected chi connectivity index (χ2v) is 7.33. The van der Waals surface area contributed by atoms with Gasteiger partial charge in [0.05, 0.1) is 5.69 Å². The minimum atomic E-state index is 0.287. The molecule has 1 atom stereocenters. The first kappa shape index (κ1) is 14.7. The third-order valence-electron chi connectivity index (χ3n) is 5.28. The van der Waals surface area contributed by atoms with Gasteiger partial charge in [0.2, 0.25) is 0 Å². The predicted octanol–water partition coefficient (Wildman–Crippen LogP) is 1.83. The molecule has 5 nitrogen and oxygen atoms in total. The van der Waals surface area contributed by atoms with E-state index in [0.717, 1.165) is 50.0 Å². The Hall–Kier alpha value is -0.910. The normalized spacial score (nSPS) is 27.4. The molecule has 0 aromatic carbocycles. The molecule has 0 bridgehead atoms. The second-order valence-electron chi connectivity index (χ2n) is 7.33. The van der Waals surface area contributed by atoms with Crippen molar-refractivity contribution in [3.05, 3.63) is 17.5 Å². The summed E-state index contributed by atoms with van der Waals surface area (Å²) in [4.78, 5) is 5.07. The maximum Gasteiger partial charge on any atom is 0.140 e. The third-order valence-corrected chi connectivity index (χ3v) is 5.28. The van der Waals surface area contributed by atoms with Gasteiger partial charge in [-0.25, -0.2) is 0 Å². The Morgan fingerprint density at radius 2 is 2.09 bits per heavy atom. The van der Waals surface area contributed by atoms with E-state index in [-0.39, 0.29) is 6.61 Å². The SMILES string of the molecule is OCC[C@@H]1CN(Cc2cc(C3CC3)on2)CCN1CC1CC1. The van der Waals surface area contributed by atoms with Gasteiger partial charge in [-0.3, -0.25) is 9.80 Å². The Kier molecular flexibility index (Phi) is 4.20. The van der Waals surface area contributed by atoms with Crippen molar-refractivity contribution in [2.24, 2.45) is 5.92 Å². The molecule has 0 spiro atoms. The highest BCUT2D eigenvalue weighted by Crippen LogP contribution is 2.40. The average Bonchev–Trinajstić information content (AvgIpc) is 3.43. The monoisotopic (exact) mass is 305 g/mol. The molecule has 2 heterocycles. The zero-order valence-electron chi connectivity index (χ0n) is 13.3. The van der Waals surface area contributed by atoms with Gasteiger partial charge in [-0.2, -0.15) is 0 Å². The third kappa shape index (κ3) is 3.53. The number of hydrogen-bond acceptors (Lipinski definition) is 5. The molecule has 1 saturated heterocycles. The van der Waals surface area contributed by atoms with Crippen molar-refractivity contribution in [2.45, 2.75) is 50.6 Å². The van der Waals surface area contributed by atoms with Gasteiger partial charge in [0.15, 0.2) is 0 Å². The quantitative estimate of drug-likeness (QED) is 0.833. The van der Waals surface area contributed by atoms with Crippen LogP contribution in [0.5, 0.6) is 0 Å². The molecule has 2 saturated carbocycles. The van der Waals surface area contributed by atoms with Gasteiger partial charge < -0.3 is 9.63 Å². The molecule has 1 aromatic heterocycles. The van der Waals surface area contributed by atoms with Crippen LogP contribution in [0.4, 0.5) is 0 Å². The molecule has 0 amide bonds. The summed E-state index contributed by atoms with van der Waals surface area (Å²) in [5.41, 5.74) is 1.07. The largest absolute Gasteiger partial charge is 0.396 e. The van der Waals surface area contributed by atoms with Crippen LogP contribution in [0.1, 0.15) is 49.5 Å². The molecular formula is C17H27N3O2. The van der Waals surface area contributed by atoms with Crippen molar-refractivity contribution in [1.82, 2.24) is 15.0 Å². The standard InChI is InChI=1S/C17H27N3O2/c21-8-5-16-12-19(6-7-20(16)10-13-1-2-13)11-15-9-17(22-18-15)14-3-4-14/h9,13-14,16,21H,1-8,10-12H2/t16-/m1/s1. The lowest BCUT2D eigenvalue weighted by Gasteiger charge is -2.41. The number of aromatic nitrogens is 1. The van der Waals surface area contributed by atoms with Crippen LogP contribution in [0.3, 0.4) is 0 Å². The van der Waals surface area contributed by atoms with Gasteiger partial charge in [-0.15, -0.1) is 0 Å². The van der Waals surface area contributed by atoms with Crippen LogP contribution >= 0.6 is 0 Å². The van der Waals surface area contributed by atoms with Gasteiger partial charge in [0.1, 0.15) is 5.76 Å². The molecule has 0 radical (unpaired) electrons. The van der Waals surface area contributed by atoms with E-state index in [1.165, 1.54) is 32.2 Å². The van der Waals surface area contributed by atoms with E-state index in [9.17, 15) is 5.11 Å². The molecule has 4 rings (SSSR count). The topological polar surface area (TPSA) is 52.7 Å². The molecule has 3 aliphatic rings. The van der Waals surface area contributed by atoms with Crippen LogP contribution in [0, 0.1) is 5.92 Å². The Morgan fingerprint density at radius 3 is 2.82 bits per heavy atom. The van der Waals surface area contributed by atoms with Crippen molar-refractivity contribution in [3.63, 3.8) is 0 Å². The Balaban J connectivity index is 1.33. The molecule has 22 heavy (non-hydrogen) atoms. The number of rotatable bonds is 7. The van der Waals surface area contributed by atoms with Crippen LogP contribution in [-0.2, 0) is 6.54 Å². The number of aliphatic hydroxyl groups is 1. The van der Waals surface area contributed by atoms with E-state index in [0.29, 0.717) is 12.0 Å². The lowest BCUT2D eigenvalue weighted by molar-refractivity contribution is 0.0511. The molecule has 1 aromatic rings.